The first-order valence-corrected chi connectivity index (χ1v) is 16.7. The van der Waals surface area contributed by atoms with Crippen molar-refractivity contribution in [1.82, 2.24) is 10.2 Å². The molecule has 0 radical (unpaired) electrons. The fourth-order valence-electron chi connectivity index (χ4n) is 6.87. The van der Waals surface area contributed by atoms with Crippen LogP contribution >= 0.6 is 0 Å². The molecule has 46 heavy (non-hydrogen) atoms. The van der Waals surface area contributed by atoms with Crippen LogP contribution in [0.5, 0.6) is 0 Å². The summed E-state index contributed by atoms with van der Waals surface area (Å²) in [5.41, 5.74) is -0.645. The zero-order chi connectivity index (χ0) is 34.6. The number of likely N-dealkylation sites (tertiary alicyclic amines) is 1. The second-order valence-electron chi connectivity index (χ2n) is 15.8. The molecule has 1 aliphatic carbocycles. The van der Waals surface area contributed by atoms with Gasteiger partial charge >= 0.3 is 6.09 Å². The van der Waals surface area contributed by atoms with Crippen LogP contribution in [0.25, 0.3) is 0 Å². The molecule has 9 nitrogen and oxygen atoms in total. The number of rotatable bonds is 15. The standard InChI is InChI=1S/C37H54N2O7/c1-10-15-24(31(43)27(41)19-14-18-25(40)20-23-16-12-11-13-17-23)21-28(42)30-29-26(37(29,8)9)22-39(30)33(44)32(35(2,3)4)38-34(45)46-36(5,6)7/h11-13,16-17,24,26,29-30,32H,10,14-15,18-22H2,1-9H3,(H,38,45)/t24?,26?,29?,30-,32-/m1/s1. The molecule has 1 heterocycles. The lowest BCUT2D eigenvalue weighted by atomic mass is 9.83. The molecule has 1 aliphatic heterocycles. The average Bonchev–Trinajstić information content (AvgIpc) is 3.26. The summed E-state index contributed by atoms with van der Waals surface area (Å²) in [4.78, 5) is 81.1. The Labute approximate surface area is 274 Å². The van der Waals surface area contributed by atoms with Gasteiger partial charge in [-0.05, 0) is 61.8 Å². The number of alkyl carbamates (subject to hydrolysis) is 1. The molecule has 5 atom stereocenters. The second kappa shape index (κ2) is 14.6. The van der Waals surface area contributed by atoms with Crippen molar-refractivity contribution in [1.29, 1.82) is 0 Å². The molecule has 0 bridgehead atoms. The van der Waals surface area contributed by atoms with E-state index >= 15 is 0 Å². The maximum atomic E-state index is 14.1. The van der Waals surface area contributed by atoms with Crippen LogP contribution in [0.4, 0.5) is 4.79 Å². The van der Waals surface area contributed by atoms with Gasteiger partial charge in [-0.15, -0.1) is 0 Å². The van der Waals surface area contributed by atoms with Crippen LogP contribution in [0.2, 0.25) is 0 Å². The fourth-order valence-corrected chi connectivity index (χ4v) is 6.87. The molecular formula is C37H54N2O7. The highest BCUT2D eigenvalue weighted by molar-refractivity contribution is 6.38. The summed E-state index contributed by atoms with van der Waals surface area (Å²) < 4.78 is 5.43. The Balaban J connectivity index is 1.69. The Morgan fingerprint density at radius 1 is 0.978 bits per heavy atom. The lowest BCUT2D eigenvalue weighted by Gasteiger charge is -2.38. The van der Waals surface area contributed by atoms with E-state index < -0.39 is 46.7 Å². The van der Waals surface area contributed by atoms with E-state index in [9.17, 15) is 28.8 Å². The van der Waals surface area contributed by atoms with Gasteiger partial charge in [0, 0.05) is 38.1 Å². The van der Waals surface area contributed by atoms with E-state index in [1.54, 1.807) is 25.7 Å². The Morgan fingerprint density at radius 3 is 2.17 bits per heavy atom. The minimum atomic E-state index is -0.933. The van der Waals surface area contributed by atoms with Crippen molar-refractivity contribution in [3.8, 4) is 0 Å². The lowest BCUT2D eigenvalue weighted by molar-refractivity contribution is -0.145. The van der Waals surface area contributed by atoms with Gasteiger partial charge < -0.3 is 15.0 Å². The largest absolute Gasteiger partial charge is 0.444 e. The van der Waals surface area contributed by atoms with Crippen molar-refractivity contribution >= 4 is 35.1 Å². The van der Waals surface area contributed by atoms with Crippen LogP contribution in [-0.4, -0.2) is 64.3 Å². The van der Waals surface area contributed by atoms with Crippen LogP contribution in [0.3, 0.4) is 0 Å². The van der Waals surface area contributed by atoms with Crippen molar-refractivity contribution < 1.29 is 33.5 Å². The molecule has 1 saturated heterocycles. The molecule has 9 heteroatoms. The van der Waals surface area contributed by atoms with Crippen LogP contribution in [0.15, 0.2) is 30.3 Å². The summed E-state index contributed by atoms with van der Waals surface area (Å²) >= 11 is 0. The minimum absolute atomic E-state index is 0.00838. The molecule has 0 spiro atoms. The Bertz CT molecular complexity index is 1300. The number of nitrogens with zero attached hydrogens (tertiary/aromatic N) is 1. The molecule has 2 fully saturated rings. The number of benzene rings is 1. The highest BCUT2D eigenvalue weighted by Crippen LogP contribution is 2.65. The van der Waals surface area contributed by atoms with Crippen LogP contribution < -0.4 is 5.32 Å². The average molecular weight is 639 g/mol. The van der Waals surface area contributed by atoms with Crippen molar-refractivity contribution in [3.63, 3.8) is 0 Å². The summed E-state index contributed by atoms with van der Waals surface area (Å²) in [7, 11) is 0. The molecule has 254 valence electrons. The molecule has 3 rings (SSSR count). The fraction of sp³-hybridized carbons (Fsp3) is 0.676. The van der Waals surface area contributed by atoms with Crippen LogP contribution in [0.1, 0.15) is 106 Å². The topological polar surface area (TPSA) is 127 Å². The third-order valence-electron chi connectivity index (χ3n) is 9.43. The van der Waals surface area contributed by atoms with Gasteiger partial charge in [0.25, 0.3) is 0 Å². The predicted octanol–water partition coefficient (Wildman–Crippen LogP) is 5.90. The van der Waals surface area contributed by atoms with E-state index in [0.29, 0.717) is 19.4 Å². The number of piperidine rings is 1. The van der Waals surface area contributed by atoms with E-state index in [4.69, 9.17) is 4.74 Å². The number of carbonyl (C=O) groups excluding carboxylic acids is 6. The Morgan fingerprint density at radius 2 is 1.61 bits per heavy atom. The maximum Gasteiger partial charge on any atom is 0.408 e. The number of nitrogens with one attached hydrogen (secondary N) is 1. The van der Waals surface area contributed by atoms with Gasteiger partial charge in [-0.25, -0.2) is 4.79 Å². The highest BCUT2D eigenvalue weighted by atomic mass is 16.6. The highest BCUT2D eigenvalue weighted by Gasteiger charge is 2.69. The smallest absolute Gasteiger partial charge is 0.408 e. The van der Waals surface area contributed by atoms with E-state index in [1.165, 1.54) is 0 Å². The first-order valence-electron chi connectivity index (χ1n) is 16.7. The molecule has 3 unspecified atom stereocenters. The summed E-state index contributed by atoms with van der Waals surface area (Å²) in [6, 6.07) is 7.71. The summed E-state index contributed by atoms with van der Waals surface area (Å²) in [6.07, 6.45) is 0.896. The van der Waals surface area contributed by atoms with Crippen molar-refractivity contribution in [2.75, 3.05) is 6.54 Å². The van der Waals surface area contributed by atoms with Gasteiger partial charge in [0.2, 0.25) is 11.7 Å². The third-order valence-corrected chi connectivity index (χ3v) is 9.43. The van der Waals surface area contributed by atoms with Gasteiger partial charge in [0.15, 0.2) is 11.6 Å². The molecule has 2 amide bonds. The van der Waals surface area contributed by atoms with Crippen molar-refractivity contribution in [3.05, 3.63) is 35.9 Å². The molecule has 1 aromatic rings. The zero-order valence-corrected chi connectivity index (χ0v) is 29.2. The van der Waals surface area contributed by atoms with E-state index in [0.717, 1.165) is 5.56 Å². The summed E-state index contributed by atoms with van der Waals surface area (Å²) in [5.74, 6) is -2.42. The quantitative estimate of drug-likeness (QED) is 0.237. The Hall–Kier alpha value is -3.36. The van der Waals surface area contributed by atoms with Crippen molar-refractivity contribution in [2.24, 2.45) is 28.6 Å². The van der Waals surface area contributed by atoms with Gasteiger partial charge in [-0.3, -0.25) is 24.0 Å². The number of amides is 2. The van der Waals surface area contributed by atoms with E-state index in [1.807, 2.05) is 58.0 Å². The van der Waals surface area contributed by atoms with Crippen LogP contribution in [0, 0.1) is 28.6 Å². The number of ketones is 4. The third kappa shape index (κ3) is 9.35. The monoisotopic (exact) mass is 638 g/mol. The number of Topliss-reactive ketones (excluding diaryl/α,β-unsaturated/α-hetero) is 4. The molecule has 1 aromatic carbocycles. The molecule has 0 aromatic heterocycles. The van der Waals surface area contributed by atoms with Crippen LogP contribution in [-0.2, 0) is 35.1 Å². The minimum Gasteiger partial charge on any atom is -0.444 e. The van der Waals surface area contributed by atoms with Gasteiger partial charge in [-0.1, -0.05) is 78.3 Å². The normalized spacial score (nSPS) is 21.5. The molecule has 1 N–H and O–H groups in total. The first-order chi connectivity index (χ1) is 21.3. The maximum absolute atomic E-state index is 14.1. The SMILES string of the molecule is CCCC(CC(=O)[C@@H]1C2C(CN1C(=O)[C@@H](NC(=O)OC(C)(C)C)C(C)(C)C)C2(C)C)C(=O)C(=O)CCCC(=O)Cc1ccccc1. The van der Waals surface area contributed by atoms with Gasteiger partial charge in [0.05, 0.1) is 6.04 Å². The Kier molecular flexibility index (Phi) is 11.8. The number of hydrogen-bond donors (Lipinski definition) is 1. The first kappa shape index (κ1) is 37.1. The number of hydrogen-bond acceptors (Lipinski definition) is 7. The number of carbonyl (C=O) groups is 6. The van der Waals surface area contributed by atoms with E-state index in [2.05, 4.69) is 19.2 Å². The summed E-state index contributed by atoms with van der Waals surface area (Å²) in [6.45, 7) is 17.2. The summed E-state index contributed by atoms with van der Waals surface area (Å²) in [5, 5.41) is 2.75. The molecular weight excluding hydrogens is 584 g/mol. The molecule has 2 aliphatic rings. The van der Waals surface area contributed by atoms with Gasteiger partial charge in [0.1, 0.15) is 17.4 Å². The zero-order valence-electron chi connectivity index (χ0n) is 29.2. The van der Waals surface area contributed by atoms with Gasteiger partial charge in [-0.2, -0.15) is 0 Å². The lowest BCUT2D eigenvalue weighted by Crippen LogP contribution is -2.58. The van der Waals surface area contributed by atoms with E-state index in [-0.39, 0.29) is 66.8 Å². The van der Waals surface area contributed by atoms with Crippen molar-refractivity contribution in [2.45, 2.75) is 125 Å². The number of ether oxygens (including phenoxy) is 1. The molecule has 1 saturated carbocycles. The second-order valence-corrected chi connectivity index (χ2v) is 15.8. The number of fused-ring (bicyclic) bond motifs is 1. The predicted molar refractivity (Wildman–Crippen MR) is 176 cm³/mol.